The molecule has 0 aliphatic carbocycles. The van der Waals surface area contributed by atoms with E-state index in [0.29, 0.717) is 10.7 Å². The molecule has 0 aliphatic rings. The zero-order chi connectivity index (χ0) is 18.4. The fraction of sp³-hybridized carbons (Fsp3) is 0.235. The van der Waals surface area contributed by atoms with Gasteiger partial charge in [-0.3, -0.25) is 5.43 Å². The molecule has 2 rings (SSSR count). The highest BCUT2D eigenvalue weighted by Gasteiger charge is 2.15. The quantitative estimate of drug-likeness (QED) is 0.421. The van der Waals surface area contributed by atoms with Crippen molar-refractivity contribution >= 4 is 33.3 Å². The molecular weight excluding hydrogens is 360 g/mol. The number of rotatable bonds is 5. The van der Waals surface area contributed by atoms with Crippen molar-refractivity contribution in [2.24, 2.45) is 4.40 Å². The molecule has 8 heteroatoms. The number of nitrogens with zero attached hydrogens (tertiary/aromatic N) is 1. The van der Waals surface area contributed by atoms with Gasteiger partial charge < -0.3 is 5.32 Å². The van der Waals surface area contributed by atoms with Gasteiger partial charge in [0.25, 0.3) is 10.0 Å². The summed E-state index contributed by atoms with van der Waals surface area (Å²) in [4.78, 5) is 0.114. The summed E-state index contributed by atoms with van der Waals surface area (Å²) in [5.74, 6) is 0.0300. The number of para-hydroxylation sites is 1. The summed E-state index contributed by atoms with van der Waals surface area (Å²) in [6.07, 6.45) is 0. The predicted molar refractivity (Wildman–Crippen MR) is 102 cm³/mol. The van der Waals surface area contributed by atoms with Gasteiger partial charge in [-0.2, -0.15) is 8.42 Å². The van der Waals surface area contributed by atoms with Gasteiger partial charge in [-0.15, -0.1) is 4.40 Å². The first kappa shape index (κ1) is 19.2. The molecule has 0 unspecified atom stereocenters. The number of nitrogens with one attached hydrogen (secondary N) is 3. The lowest BCUT2D eigenvalue weighted by atomic mass is 10.2. The second-order valence-corrected chi connectivity index (χ2v) is 7.77. The molecule has 134 valence electrons. The second-order valence-electron chi connectivity index (χ2n) is 5.76. The van der Waals surface area contributed by atoms with Gasteiger partial charge >= 0.3 is 0 Å². The van der Waals surface area contributed by atoms with Crippen molar-refractivity contribution in [2.75, 3.05) is 5.32 Å². The van der Waals surface area contributed by atoms with Crippen molar-refractivity contribution in [2.45, 2.75) is 31.7 Å². The Labute approximate surface area is 153 Å². The summed E-state index contributed by atoms with van der Waals surface area (Å²) in [5.41, 5.74) is 7.21. The molecule has 3 N–H and O–H groups in total. The maximum Gasteiger partial charge on any atom is 0.285 e. The van der Waals surface area contributed by atoms with Crippen LogP contribution in [0, 0.1) is 6.92 Å². The van der Waals surface area contributed by atoms with E-state index < -0.39 is 10.0 Å². The fourth-order valence-corrected chi connectivity index (χ4v) is 2.96. The van der Waals surface area contributed by atoms with Crippen LogP contribution in [-0.2, 0) is 10.0 Å². The zero-order valence-corrected chi connectivity index (χ0v) is 15.8. The average molecular weight is 381 g/mol. The number of benzene rings is 2. The minimum atomic E-state index is -3.88. The largest absolute Gasteiger partial charge is 0.323 e. The van der Waals surface area contributed by atoms with Gasteiger partial charge in [-0.1, -0.05) is 41.4 Å². The van der Waals surface area contributed by atoms with E-state index in [1.54, 1.807) is 36.4 Å². The Hall–Kier alpha value is -2.09. The Balaban J connectivity index is 2.34. The monoisotopic (exact) mass is 380 g/mol. The van der Waals surface area contributed by atoms with Crippen molar-refractivity contribution in [1.29, 1.82) is 0 Å². The van der Waals surface area contributed by atoms with Crippen LogP contribution in [0.3, 0.4) is 0 Å². The summed E-state index contributed by atoms with van der Waals surface area (Å²) in [6, 6.07) is 13.6. The summed E-state index contributed by atoms with van der Waals surface area (Å²) >= 11 is 6.12. The predicted octanol–water partition coefficient (Wildman–Crippen LogP) is 3.31. The third kappa shape index (κ3) is 5.74. The molecule has 0 saturated carbocycles. The highest BCUT2D eigenvalue weighted by Crippen LogP contribution is 2.20. The van der Waals surface area contributed by atoms with Crippen LogP contribution in [0.15, 0.2) is 57.8 Å². The first-order valence-electron chi connectivity index (χ1n) is 7.72. The van der Waals surface area contributed by atoms with Crippen molar-refractivity contribution in [3.63, 3.8) is 0 Å². The number of guanidine groups is 1. The van der Waals surface area contributed by atoms with E-state index in [0.717, 1.165) is 5.56 Å². The molecule has 0 saturated heterocycles. The van der Waals surface area contributed by atoms with Crippen LogP contribution in [0.5, 0.6) is 0 Å². The van der Waals surface area contributed by atoms with Gasteiger partial charge in [0.05, 0.1) is 15.6 Å². The Bertz CT molecular complexity index is 849. The van der Waals surface area contributed by atoms with Crippen LogP contribution < -0.4 is 16.2 Å². The van der Waals surface area contributed by atoms with Gasteiger partial charge in [0.2, 0.25) is 5.96 Å². The van der Waals surface area contributed by atoms with Crippen LogP contribution in [0.4, 0.5) is 5.69 Å². The lowest BCUT2D eigenvalue weighted by Gasteiger charge is -2.16. The Morgan fingerprint density at radius 2 is 1.72 bits per heavy atom. The van der Waals surface area contributed by atoms with Gasteiger partial charge in [-0.05, 0) is 45.0 Å². The molecule has 0 fully saturated rings. The molecule has 25 heavy (non-hydrogen) atoms. The number of hydrogen-bond acceptors (Lipinski definition) is 3. The van der Waals surface area contributed by atoms with E-state index in [2.05, 4.69) is 20.6 Å². The molecule has 0 amide bonds. The minimum Gasteiger partial charge on any atom is -0.323 e. The highest BCUT2D eigenvalue weighted by atomic mass is 35.5. The summed E-state index contributed by atoms with van der Waals surface area (Å²) in [7, 11) is -3.88. The van der Waals surface area contributed by atoms with Gasteiger partial charge in [0.15, 0.2) is 0 Å². The molecule has 6 nitrogen and oxygen atoms in total. The molecular formula is C17H21ClN4O2S. The van der Waals surface area contributed by atoms with Crippen LogP contribution in [0.2, 0.25) is 5.02 Å². The number of sulfonamides is 1. The summed E-state index contributed by atoms with van der Waals surface area (Å²) in [6.45, 7) is 5.71. The average Bonchev–Trinajstić information content (AvgIpc) is 2.55. The van der Waals surface area contributed by atoms with E-state index >= 15 is 0 Å². The number of anilines is 1. The SMILES string of the molecule is Cc1ccc(S(=O)(=O)N=C(NNC(C)C)Nc2ccccc2Cl)cc1. The summed E-state index contributed by atoms with van der Waals surface area (Å²) in [5, 5.41) is 3.36. The topological polar surface area (TPSA) is 82.6 Å². The number of halogens is 1. The number of aryl methyl sites for hydroxylation is 1. The first-order chi connectivity index (χ1) is 11.8. The van der Waals surface area contributed by atoms with Crippen molar-refractivity contribution < 1.29 is 8.42 Å². The van der Waals surface area contributed by atoms with E-state index in [9.17, 15) is 8.42 Å². The lowest BCUT2D eigenvalue weighted by Crippen LogP contribution is -2.45. The molecule has 0 atom stereocenters. The van der Waals surface area contributed by atoms with E-state index in [1.807, 2.05) is 20.8 Å². The van der Waals surface area contributed by atoms with Crippen LogP contribution in [0.1, 0.15) is 19.4 Å². The van der Waals surface area contributed by atoms with E-state index in [4.69, 9.17) is 11.6 Å². The second kappa shape index (κ2) is 8.33. The molecule has 0 bridgehead atoms. The van der Waals surface area contributed by atoms with Gasteiger partial charge in [-0.25, -0.2) is 5.43 Å². The smallest absolute Gasteiger partial charge is 0.285 e. The standard InChI is InChI=1S/C17H21ClN4O2S/c1-12(2)20-21-17(19-16-7-5-4-6-15(16)18)22-25(23,24)14-10-8-13(3)9-11-14/h4-12,20H,1-3H3,(H2,19,21,22). The number of hydrogen-bond donors (Lipinski definition) is 3. The first-order valence-corrected chi connectivity index (χ1v) is 9.54. The zero-order valence-electron chi connectivity index (χ0n) is 14.2. The molecule has 2 aromatic carbocycles. The molecule has 0 radical (unpaired) electrons. The summed E-state index contributed by atoms with van der Waals surface area (Å²) < 4.78 is 29.0. The maximum atomic E-state index is 12.5. The van der Waals surface area contributed by atoms with Gasteiger partial charge in [0.1, 0.15) is 0 Å². The molecule has 0 spiro atoms. The highest BCUT2D eigenvalue weighted by molar-refractivity contribution is 7.90. The molecule has 2 aromatic rings. The molecule has 0 heterocycles. The minimum absolute atomic E-state index is 0.0300. The van der Waals surface area contributed by atoms with E-state index in [1.165, 1.54) is 12.1 Å². The third-order valence-corrected chi connectivity index (χ3v) is 4.76. The third-order valence-electron chi connectivity index (χ3n) is 3.14. The maximum absolute atomic E-state index is 12.5. The van der Waals surface area contributed by atoms with Crippen LogP contribution in [0.25, 0.3) is 0 Å². The molecule has 0 aliphatic heterocycles. The Morgan fingerprint density at radius 1 is 1.08 bits per heavy atom. The fourth-order valence-electron chi connectivity index (χ4n) is 1.86. The van der Waals surface area contributed by atoms with Crippen LogP contribution >= 0.6 is 11.6 Å². The van der Waals surface area contributed by atoms with E-state index in [-0.39, 0.29) is 16.9 Å². The van der Waals surface area contributed by atoms with Crippen LogP contribution in [-0.4, -0.2) is 20.4 Å². The number of hydrazine groups is 1. The molecule has 0 aromatic heterocycles. The van der Waals surface area contributed by atoms with Crippen molar-refractivity contribution in [3.05, 3.63) is 59.1 Å². The Kier molecular flexibility index (Phi) is 6.41. The Morgan fingerprint density at radius 3 is 2.32 bits per heavy atom. The lowest BCUT2D eigenvalue weighted by molar-refractivity contribution is 0.556. The van der Waals surface area contributed by atoms with Crippen molar-refractivity contribution in [3.8, 4) is 0 Å². The van der Waals surface area contributed by atoms with Crippen molar-refractivity contribution in [1.82, 2.24) is 10.9 Å². The normalized spacial score (nSPS) is 12.3. The van der Waals surface area contributed by atoms with Gasteiger partial charge in [0, 0.05) is 6.04 Å².